The molecule has 2 unspecified atom stereocenters. The summed E-state index contributed by atoms with van der Waals surface area (Å²) < 4.78 is 5.89. The van der Waals surface area contributed by atoms with Crippen LogP contribution in [0.15, 0.2) is 34.9 Å². The summed E-state index contributed by atoms with van der Waals surface area (Å²) in [5, 5.41) is 3.28. The molecular weight excluding hydrogens is 372 g/mol. The van der Waals surface area contributed by atoms with Gasteiger partial charge in [-0.25, -0.2) is 0 Å². The number of hydrogen-bond donors (Lipinski definition) is 1. The third-order valence-electron chi connectivity index (χ3n) is 7.53. The Morgan fingerprint density at radius 3 is 2.83 bits per heavy atom. The Bertz CT molecular complexity index is 777. The van der Waals surface area contributed by atoms with E-state index in [0.717, 1.165) is 30.9 Å². The third kappa shape index (κ3) is 5.08. The number of fused-ring (bicyclic) bond motifs is 1. The lowest BCUT2D eigenvalue weighted by atomic mass is 9.83. The van der Waals surface area contributed by atoms with Crippen molar-refractivity contribution in [2.24, 2.45) is 11.8 Å². The maximum Gasteiger partial charge on any atom is 0.223 e. The third-order valence-corrected chi connectivity index (χ3v) is 7.53. The molecule has 1 saturated carbocycles. The summed E-state index contributed by atoms with van der Waals surface area (Å²) in [4.78, 5) is 14.9. The zero-order valence-corrected chi connectivity index (χ0v) is 18.7. The Kier molecular flexibility index (Phi) is 7.14. The maximum absolute atomic E-state index is 12.2. The van der Waals surface area contributed by atoms with E-state index in [-0.39, 0.29) is 11.8 Å². The lowest BCUT2D eigenvalue weighted by molar-refractivity contribution is -0.125. The van der Waals surface area contributed by atoms with E-state index in [9.17, 15) is 4.79 Å². The van der Waals surface area contributed by atoms with Crippen molar-refractivity contribution < 1.29 is 9.21 Å². The highest BCUT2D eigenvalue weighted by Gasteiger charge is 2.28. The molecule has 4 rings (SSSR count). The van der Waals surface area contributed by atoms with Gasteiger partial charge in [-0.3, -0.25) is 9.69 Å². The van der Waals surface area contributed by atoms with Gasteiger partial charge in [-0.2, -0.15) is 0 Å². The van der Waals surface area contributed by atoms with Crippen molar-refractivity contribution >= 4 is 5.91 Å². The van der Waals surface area contributed by atoms with Crippen LogP contribution in [0, 0.1) is 11.8 Å². The van der Waals surface area contributed by atoms with E-state index in [1.807, 2.05) is 19.3 Å². The highest BCUT2D eigenvalue weighted by molar-refractivity contribution is 5.78. The molecule has 4 heteroatoms. The van der Waals surface area contributed by atoms with E-state index in [0.29, 0.717) is 12.1 Å². The SMILES string of the molecule is CCC(C)C(=O)NC1CCC(CCN2CCCCC2c2coc3cccc-3c2)CC1. The molecule has 2 fully saturated rings. The number of nitrogens with zero attached hydrogens (tertiary/aromatic N) is 1. The predicted octanol–water partition coefficient (Wildman–Crippen LogP) is 6.02. The van der Waals surface area contributed by atoms with Crippen molar-refractivity contribution in [2.75, 3.05) is 13.1 Å². The maximum atomic E-state index is 12.2. The number of amides is 1. The zero-order valence-electron chi connectivity index (χ0n) is 18.7. The monoisotopic (exact) mass is 410 g/mol. The quantitative estimate of drug-likeness (QED) is 0.607. The lowest BCUT2D eigenvalue weighted by Gasteiger charge is -2.37. The topological polar surface area (TPSA) is 45.5 Å². The summed E-state index contributed by atoms with van der Waals surface area (Å²) in [6.45, 7) is 6.49. The Hall–Kier alpha value is -1.81. The highest BCUT2D eigenvalue weighted by Crippen LogP contribution is 2.36. The minimum Gasteiger partial charge on any atom is -0.464 e. The normalized spacial score (nSPS) is 26.5. The second kappa shape index (κ2) is 10.00. The summed E-state index contributed by atoms with van der Waals surface area (Å²) in [6, 6.07) is 9.47. The number of hydrogen-bond acceptors (Lipinski definition) is 3. The van der Waals surface area contributed by atoms with Crippen LogP contribution in [0.1, 0.15) is 83.2 Å². The molecule has 1 amide bonds. The molecule has 30 heavy (non-hydrogen) atoms. The molecular formula is C26H38N2O2. The van der Waals surface area contributed by atoms with Crippen LogP contribution in [-0.2, 0) is 4.79 Å². The molecule has 0 aromatic rings. The minimum absolute atomic E-state index is 0.137. The average molecular weight is 411 g/mol. The molecule has 0 spiro atoms. The highest BCUT2D eigenvalue weighted by atomic mass is 16.3. The van der Waals surface area contributed by atoms with E-state index in [1.54, 1.807) is 0 Å². The summed E-state index contributed by atoms with van der Waals surface area (Å²) in [5.41, 5.74) is 2.56. The fourth-order valence-electron chi connectivity index (χ4n) is 5.27. The van der Waals surface area contributed by atoms with Crippen LogP contribution in [0.4, 0.5) is 0 Å². The van der Waals surface area contributed by atoms with Crippen LogP contribution in [-0.4, -0.2) is 29.9 Å². The van der Waals surface area contributed by atoms with Crippen LogP contribution < -0.4 is 5.32 Å². The molecule has 2 heterocycles. The number of likely N-dealkylation sites (tertiary alicyclic amines) is 1. The number of piperidine rings is 1. The smallest absolute Gasteiger partial charge is 0.223 e. The van der Waals surface area contributed by atoms with Crippen molar-refractivity contribution in [3.63, 3.8) is 0 Å². The van der Waals surface area contributed by atoms with E-state index < -0.39 is 0 Å². The largest absolute Gasteiger partial charge is 0.464 e. The van der Waals surface area contributed by atoms with Gasteiger partial charge in [-0.15, -0.1) is 0 Å². The van der Waals surface area contributed by atoms with Gasteiger partial charge in [0.25, 0.3) is 0 Å². The number of carbonyl (C=O) groups excluding carboxylic acids is 1. The first-order valence-electron chi connectivity index (χ1n) is 12.2. The number of carbonyl (C=O) groups is 1. The van der Waals surface area contributed by atoms with Gasteiger partial charge < -0.3 is 9.73 Å². The molecule has 2 atom stereocenters. The molecule has 164 valence electrons. The van der Waals surface area contributed by atoms with Crippen LogP contribution >= 0.6 is 0 Å². The fourth-order valence-corrected chi connectivity index (χ4v) is 5.27. The standard InChI is InChI=1S/C26H38N2O2/c1-3-19(2)26(29)27-23-12-10-20(11-13-23)14-16-28-15-5-4-8-24(28)22-17-21-7-6-9-25(21)30-18-22/h6-7,9,17-20,23-24H,3-5,8,10-16H2,1-2H3,(H,27,29). The Morgan fingerprint density at radius 1 is 1.20 bits per heavy atom. The van der Waals surface area contributed by atoms with Crippen molar-refractivity contribution in [2.45, 2.75) is 83.7 Å². The van der Waals surface area contributed by atoms with Crippen LogP contribution in [0.3, 0.4) is 0 Å². The van der Waals surface area contributed by atoms with Gasteiger partial charge in [-0.05, 0) is 82.5 Å². The fraction of sp³-hybridized carbons (Fsp3) is 0.654. The van der Waals surface area contributed by atoms with E-state index in [4.69, 9.17) is 4.42 Å². The van der Waals surface area contributed by atoms with Gasteiger partial charge in [0.15, 0.2) is 0 Å². The Morgan fingerprint density at radius 2 is 2.03 bits per heavy atom. The molecule has 2 aliphatic heterocycles. The van der Waals surface area contributed by atoms with Gasteiger partial charge >= 0.3 is 0 Å². The van der Waals surface area contributed by atoms with Crippen molar-refractivity contribution in [1.82, 2.24) is 10.2 Å². The van der Waals surface area contributed by atoms with Gasteiger partial charge in [-0.1, -0.05) is 32.4 Å². The minimum atomic E-state index is 0.137. The first-order chi connectivity index (χ1) is 14.6. The van der Waals surface area contributed by atoms with Crippen molar-refractivity contribution in [3.05, 3.63) is 36.1 Å². The van der Waals surface area contributed by atoms with Gasteiger partial charge in [0.1, 0.15) is 5.76 Å². The Labute approximate surface area is 181 Å². The molecule has 0 aromatic carbocycles. The van der Waals surface area contributed by atoms with Crippen LogP contribution in [0.2, 0.25) is 0 Å². The second-order valence-electron chi connectivity index (χ2n) is 9.60. The van der Waals surface area contributed by atoms with Crippen molar-refractivity contribution in [3.8, 4) is 11.3 Å². The summed E-state index contributed by atoms with van der Waals surface area (Å²) >= 11 is 0. The summed E-state index contributed by atoms with van der Waals surface area (Å²) in [7, 11) is 0. The molecule has 4 nitrogen and oxygen atoms in total. The Balaban J connectivity index is 1.28. The molecule has 0 aromatic heterocycles. The molecule has 4 aliphatic rings. The molecule has 0 bridgehead atoms. The van der Waals surface area contributed by atoms with E-state index in [2.05, 4.69) is 35.3 Å². The van der Waals surface area contributed by atoms with Gasteiger partial charge in [0, 0.05) is 29.1 Å². The van der Waals surface area contributed by atoms with E-state index >= 15 is 0 Å². The molecule has 1 saturated heterocycles. The van der Waals surface area contributed by atoms with Gasteiger partial charge in [0.05, 0.1) is 6.26 Å². The lowest BCUT2D eigenvalue weighted by Crippen LogP contribution is -2.40. The van der Waals surface area contributed by atoms with E-state index in [1.165, 1.54) is 62.7 Å². The molecule has 0 radical (unpaired) electrons. The average Bonchev–Trinajstić information content (AvgIpc) is 3.26. The molecule has 2 aliphatic carbocycles. The van der Waals surface area contributed by atoms with Crippen LogP contribution in [0.5, 0.6) is 0 Å². The summed E-state index contributed by atoms with van der Waals surface area (Å²) in [5.74, 6) is 2.16. The predicted molar refractivity (Wildman–Crippen MR) is 121 cm³/mol. The number of rotatable bonds is 7. The first-order valence-corrected chi connectivity index (χ1v) is 12.2. The first kappa shape index (κ1) is 21.4. The van der Waals surface area contributed by atoms with Crippen LogP contribution in [0.25, 0.3) is 11.3 Å². The van der Waals surface area contributed by atoms with Gasteiger partial charge in [0.2, 0.25) is 5.91 Å². The number of nitrogens with one attached hydrogen (secondary N) is 1. The second-order valence-corrected chi connectivity index (χ2v) is 9.60. The summed E-state index contributed by atoms with van der Waals surface area (Å²) in [6.07, 6.45) is 12.8. The van der Waals surface area contributed by atoms with Crippen molar-refractivity contribution in [1.29, 1.82) is 0 Å². The molecule has 1 N–H and O–H groups in total. The zero-order chi connectivity index (χ0) is 20.9.